The van der Waals surface area contributed by atoms with E-state index in [2.05, 4.69) is 37.2 Å². The first kappa shape index (κ1) is 14.6. The largest absolute Gasteiger partial charge is 0.379 e. The molecule has 0 atom stereocenters. The molecule has 0 aromatic heterocycles. The second kappa shape index (κ2) is 7.79. The van der Waals surface area contributed by atoms with Crippen molar-refractivity contribution in [3.63, 3.8) is 0 Å². The van der Waals surface area contributed by atoms with Crippen LogP contribution >= 0.6 is 31.9 Å². The standard InChI is InChI=1S/C11H12Br2FNO2/c12-3-5-17-6-4-15-11(16)9-7-8(13)1-2-10(9)14/h1-2,7H,3-6H2,(H,15,16). The third kappa shape index (κ3) is 5.14. The number of hydrogen-bond donors (Lipinski definition) is 1. The highest BCUT2D eigenvalue weighted by Gasteiger charge is 2.11. The van der Waals surface area contributed by atoms with Gasteiger partial charge in [0, 0.05) is 16.3 Å². The molecule has 0 aliphatic heterocycles. The predicted molar refractivity (Wildman–Crippen MR) is 71.0 cm³/mol. The Morgan fingerprint density at radius 2 is 2.18 bits per heavy atom. The minimum atomic E-state index is -0.535. The van der Waals surface area contributed by atoms with Gasteiger partial charge in [-0.25, -0.2) is 4.39 Å². The molecule has 17 heavy (non-hydrogen) atoms. The van der Waals surface area contributed by atoms with Crippen molar-refractivity contribution in [2.24, 2.45) is 0 Å². The second-order valence-corrected chi connectivity index (χ2v) is 4.89. The van der Waals surface area contributed by atoms with Crippen LogP contribution in [-0.2, 0) is 4.74 Å². The number of carbonyl (C=O) groups excluding carboxylic acids is 1. The van der Waals surface area contributed by atoms with Crippen molar-refractivity contribution in [1.29, 1.82) is 0 Å². The van der Waals surface area contributed by atoms with E-state index in [-0.39, 0.29) is 5.56 Å². The molecule has 0 aliphatic rings. The van der Waals surface area contributed by atoms with E-state index in [1.807, 2.05) is 0 Å². The SMILES string of the molecule is O=C(NCCOCCBr)c1cc(Br)ccc1F. The van der Waals surface area contributed by atoms with Crippen LogP contribution in [0.5, 0.6) is 0 Å². The zero-order valence-electron chi connectivity index (χ0n) is 9.01. The summed E-state index contributed by atoms with van der Waals surface area (Å²) in [5.74, 6) is -0.974. The van der Waals surface area contributed by atoms with Crippen LogP contribution in [0.3, 0.4) is 0 Å². The molecule has 3 nitrogen and oxygen atoms in total. The summed E-state index contributed by atoms with van der Waals surface area (Å²) < 4.78 is 19.2. The average molecular weight is 369 g/mol. The van der Waals surface area contributed by atoms with Gasteiger partial charge in [-0.15, -0.1) is 0 Å². The lowest BCUT2D eigenvalue weighted by Crippen LogP contribution is -2.28. The first-order valence-electron chi connectivity index (χ1n) is 5.02. The summed E-state index contributed by atoms with van der Waals surface area (Å²) >= 11 is 6.41. The van der Waals surface area contributed by atoms with Crippen molar-refractivity contribution in [2.75, 3.05) is 25.1 Å². The number of alkyl halides is 1. The van der Waals surface area contributed by atoms with Crippen LogP contribution in [0, 0.1) is 5.82 Å². The Morgan fingerprint density at radius 1 is 1.41 bits per heavy atom. The Bertz CT molecular complexity index is 388. The van der Waals surface area contributed by atoms with E-state index in [9.17, 15) is 9.18 Å². The first-order chi connectivity index (χ1) is 8.15. The van der Waals surface area contributed by atoms with Gasteiger partial charge in [0.2, 0.25) is 0 Å². The van der Waals surface area contributed by atoms with Gasteiger partial charge in [-0.3, -0.25) is 4.79 Å². The molecule has 0 radical (unpaired) electrons. The molecule has 0 saturated carbocycles. The van der Waals surface area contributed by atoms with Crippen LogP contribution in [0.4, 0.5) is 4.39 Å². The third-order valence-corrected chi connectivity index (χ3v) is 2.74. The van der Waals surface area contributed by atoms with Crippen LogP contribution in [0.25, 0.3) is 0 Å². The maximum Gasteiger partial charge on any atom is 0.254 e. The molecule has 0 bridgehead atoms. The summed E-state index contributed by atoms with van der Waals surface area (Å²) in [6, 6.07) is 4.25. The van der Waals surface area contributed by atoms with E-state index in [0.717, 1.165) is 5.33 Å². The molecule has 94 valence electrons. The number of rotatable bonds is 6. The molecule has 0 spiro atoms. The highest BCUT2D eigenvalue weighted by molar-refractivity contribution is 9.10. The van der Waals surface area contributed by atoms with E-state index < -0.39 is 11.7 Å². The van der Waals surface area contributed by atoms with E-state index >= 15 is 0 Å². The number of benzene rings is 1. The van der Waals surface area contributed by atoms with E-state index in [4.69, 9.17) is 4.74 Å². The number of halogens is 3. The number of ether oxygens (including phenoxy) is 1. The van der Waals surface area contributed by atoms with Crippen LogP contribution in [-0.4, -0.2) is 31.0 Å². The topological polar surface area (TPSA) is 38.3 Å². The molecule has 0 aliphatic carbocycles. The lowest BCUT2D eigenvalue weighted by molar-refractivity contribution is 0.0920. The van der Waals surface area contributed by atoms with Gasteiger partial charge in [0.15, 0.2) is 0 Å². The van der Waals surface area contributed by atoms with Gasteiger partial charge in [-0.2, -0.15) is 0 Å². The average Bonchev–Trinajstić information content (AvgIpc) is 2.32. The smallest absolute Gasteiger partial charge is 0.254 e. The molecule has 1 amide bonds. The van der Waals surface area contributed by atoms with Crippen LogP contribution in [0.15, 0.2) is 22.7 Å². The lowest BCUT2D eigenvalue weighted by atomic mass is 10.2. The zero-order chi connectivity index (χ0) is 12.7. The first-order valence-corrected chi connectivity index (χ1v) is 6.93. The van der Waals surface area contributed by atoms with Crippen molar-refractivity contribution in [3.8, 4) is 0 Å². The summed E-state index contributed by atoms with van der Waals surface area (Å²) in [6.45, 7) is 1.35. The summed E-state index contributed by atoms with van der Waals surface area (Å²) in [7, 11) is 0. The van der Waals surface area contributed by atoms with Gasteiger partial charge in [0.1, 0.15) is 5.82 Å². The molecule has 0 unspecified atom stereocenters. The molecule has 1 aromatic rings. The number of carbonyl (C=O) groups is 1. The Balaban J connectivity index is 2.44. The fourth-order valence-electron chi connectivity index (χ4n) is 1.16. The van der Waals surface area contributed by atoms with E-state index in [0.29, 0.717) is 24.2 Å². The van der Waals surface area contributed by atoms with Crippen LogP contribution in [0.1, 0.15) is 10.4 Å². The molecule has 0 saturated heterocycles. The van der Waals surface area contributed by atoms with Crippen molar-refractivity contribution < 1.29 is 13.9 Å². The fraction of sp³-hybridized carbons (Fsp3) is 0.364. The van der Waals surface area contributed by atoms with E-state index in [1.54, 1.807) is 6.07 Å². The number of nitrogens with one attached hydrogen (secondary N) is 1. The zero-order valence-corrected chi connectivity index (χ0v) is 12.2. The maximum atomic E-state index is 13.3. The molecular formula is C11H12Br2FNO2. The quantitative estimate of drug-likeness (QED) is 0.619. The van der Waals surface area contributed by atoms with Gasteiger partial charge in [0.25, 0.3) is 5.91 Å². The van der Waals surface area contributed by atoms with Gasteiger partial charge in [-0.1, -0.05) is 31.9 Å². The van der Waals surface area contributed by atoms with Gasteiger partial charge in [0.05, 0.1) is 18.8 Å². The van der Waals surface area contributed by atoms with Gasteiger partial charge >= 0.3 is 0 Å². The van der Waals surface area contributed by atoms with Crippen LogP contribution < -0.4 is 5.32 Å². The summed E-state index contributed by atoms with van der Waals surface area (Å²) in [5, 5.41) is 3.34. The molecule has 1 N–H and O–H groups in total. The van der Waals surface area contributed by atoms with Crippen LogP contribution in [0.2, 0.25) is 0 Å². The normalized spacial score (nSPS) is 10.3. The maximum absolute atomic E-state index is 13.3. The third-order valence-electron chi connectivity index (χ3n) is 1.93. The van der Waals surface area contributed by atoms with E-state index in [1.165, 1.54) is 12.1 Å². The number of hydrogen-bond acceptors (Lipinski definition) is 2. The van der Waals surface area contributed by atoms with Crippen molar-refractivity contribution >= 4 is 37.8 Å². The summed E-state index contributed by atoms with van der Waals surface area (Å²) in [5.41, 5.74) is 0.0277. The fourth-order valence-corrected chi connectivity index (χ4v) is 1.75. The number of amides is 1. The Morgan fingerprint density at radius 3 is 2.88 bits per heavy atom. The van der Waals surface area contributed by atoms with Crippen molar-refractivity contribution in [2.45, 2.75) is 0 Å². The Kier molecular flexibility index (Phi) is 6.69. The summed E-state index contributed by atoms with van der Waals surface area (Å²) in [4.78, 5) is 11.6. The Labute approximate surface area is 116 Å². The molecular weight excluding hydrogens is 357 g/mol. The second-order valence-electron chi connectivity index (χ2n) is 3.18. The molecule has 6 heteroatoms. The Hall–Kier alpha value is -0.460. The van der Waals surface area contributed by atoms with Gasteiger partial charge in [-0.05, 0) is 18.2 Å². The molecule has 1 aromatic carbocycles. The van der Waals surface area contributed by atoms with Crippen molar-refractivity contribution in [3.05, 3.63) is 34.1 Å². The minimum absolute atomic E-state index is 0.0277. The van der Waals surface area contributed by atoms with Crippen molar-refractivity contribution in [1.82, 2.24) is 5.32 Å². The lowest BCUT2D eigenvalue weighted by Gasteiger charge is -2.06. The molecule has 0 heterocycles. The summed E-state index contributed by atoms with van der Waals surface area (Å²) in [6.07, 6.45) is 0. The van der Waals surface area contributed by atoms with Gasteiger partial charge < -0.3 is 10.1 Å². The predicted octanol–water partition coefficient (Wildman–Crippen LogP) is 2.73. The highest BCUT2D eigenvalue weighted by Crippen LogP contribution is 2.15. The molecule has 1 rings (SSSR count). The highest BCUT2D eigenvalue weighted by atomic mass is 79.9. The molecule has 0 fully saturated rings. The monoisotopic (exact) mass is 367 g/mol. The minimum Gasteiger partial charge on any atom is -0.379 e.